The minimum Gasteiger partial charge on any atom is -0.387 e. The molecule has 450 valence electrons. The molecule has 18 N–H and O–H groups in total. The number of carbonyl (C=O) groups excluding carboxylic acids is 1. The summed E-state index contributed by atoms with van der Waals surface area (Å²) in [6.07, 6.45) is -15.2. The summed E-state index contributed by atoms with van der Waals surface area (Å²) in [7, 11) is -21.2. The first-order chi connectivity index (χ1) is 38.4. The SMILES string of the molecule is CCC(C[C@@H]1[C@@H](COP(=O)(O)OP(=O)(O)OP(=O)(O)OC[C@H]2O[C@@H](n3cnc4c(=O)[nH]c(N)nc43)[C@H](OC)[C@@H]2OP(=O)(O)OC[C@H]2O[C@@H](n3cnc4c(=O)[nH]c(N)nc43)[C@H](O)[C@@H]2O)OC(n2c[n+](C)c3c(=O)[nH]c(N)nc32)[C@@H]1O)C(N)=O. The number of ether oxygens (including phenoxy) is 4. The summed E-state index contributed by atoms with van der Waals surface area (Å²) in [5.74, 6) is -3.90. The molecule has 0 spiro atoms. The number of amides is 1. The van der Waals surface area contributed by atoms with Crippen LogP contribution in [0.2, 0.25) is 0 Å². The monoisotopic (exact) mass is 1250 g/mol. The zero-order valence-electron chi connectivity index (χ0n) is 42.4. The highest BCUT2D eigenvalue weighted by molar-refractivity contribution is 7.66. The van der Waals surface area contributed by atoms with E-state index in [0.29, 0.717) is 0 Å². The third-order valence-electron chi connectivity index (χ3n) is 13.3. The lowest BCUT2D eigenvalue weighted by molar-refractivity contribution is -0.646. The number of aliphatic hydroxyl groups excluding tert-OH is 3. The van der Waals surface area contributed by atoms with Crippen molar-refractivity contribution in [1.82, 2.24) is 53.6 Å². The van der Waals surface area contributed by atoms with Crippen molar-refractivity contribution < 1.29 is 108 Å². The Bertz CT molecular complexity index is 3800. The first-order valence-electron chi connectivity index (χ1n) is 23.8. The molecule has 3 fully saturated rings. The summed E-state index contributed by atoms with van der Waals surface area (Å²) in [5, 5.41) is 33.4. The molecule has 6 aromatic heterocycles. The Balaban J connectivity index is 0.890. The second-order valence-corrected chi connectivity index (χ2v) is 24.6. The van der Waals surface area contributed by atoms with E-state index >= 15 is 0 Å². The number of nitrogens with one attached hydrogen (secondary N) is 3. The molecular formula is C37H53N16O25P4+. The van der Waals surface area contributed by atoms with Crippen LogP contribution >= 0.6 is 31.3 Å². The van der Waals surface area contributed by atoms with Crippen molar-refractivity contribution in [2.75, 3.05) is 44.1 Å². The van der Waals surface area contributed by atoms with Crippen LogP contribution in [0.1, 0.15) is 38.4 Å². The number of phosphoric ester groups is 3. The van der Waals surface area contributed by atoms with Crippen LogP contribution in [0, 0.1) is 11.8 Å². The van der Waals surface area contributed by atoms with Crippen LogP contribution in [-0.4, -0.2) is 170 Å². The summed E-state index contributed by atoms with van der Waals surface area (Å²) in [6.45, 7) is -1.80. The van der Waals surface area contributed by atoms with Crippen molar-refractivity contribution in [2.45, 2.75) is 87.3 Å². The minimum atomic E-state index is -6.27. The average molecular weight is 1250 g/mol. The number of hydrogen-bond donors (Lipinski definition) is 14. The zero-order chi connectivity index (χ0) is 59.7. The summed E-state index contributed by atoms with van der Waals surface area (Å²) >= 11 is 0. The Hall–Kier alpha value is -5.84. The number of hydrogen-bond acceptors (Lipinski definition) is 29. The van der Waals surface area contributed by atoms with Gasteiger partial charge < -0.3 is 76.8 Å². The Kier molecular flexibility index (Phi) is 17.0. The van der Waals surface area contributed by atoms with Gasteiger partial charge in [-0.2, -0.15) is 28.1 Å². The number of fused-ring (bicyclic) bond motifs is 3. The van der Waals surface area contributed by atoms with Gasteiger partial charge in [-0.25, -0.2) is 32.8 Å². The van der Waals surface area contributed by atoms with E-state index in [-0.39, 0.29) is 58.2 Å². The minimum absolute atomic E-state index is 0.0135. The van der Waals surface area contributed by atoms with Gasteiger partial charge in [0.15, 0.2) is 34.8 Å². The van der Waals surface area contributed by atoms with Crippen LogP contribution in [0.15, 0.2) is 33.4 Å². The third kappa shape index (κ3) is 12.4. The number of carbonyl (C=O) groups is 1. The molecule has 6 unspecified atom stereocenters. The maximum atomic E-state index is 13.8. The molecule has 0 saturated carbocycles. The predicted molar refractivity (Wildman–Crippen MR) is 267 cm³/mol. The lowest BCUT2D eigenvalue weighted by Gasteiger charge is -2.26. The number of aryl methyl sites for hydroxylation is 1. The van der Waals surface area contributed by atoms with Gasteiger partial charge in [-0.1, -0.05) is 6.92 Å². The quantitative estimate of drug-likeness (QED) is 0.0213. The number of anilines is 3. The molecule has 0 aliphatic carbocycles. The van der Waals surface area contributed by atoms with Crippen molar-refractivity contribution in [3.8, 4) is 0 Å². The van der Waals surface area contributed by atoms with Gasteiger partial charge >= 0.3 is 36.9 Å². The fourth-order valence-corrected chi connectivity index (χ4v) is 14.0. The Morgan fingerprint density at radius 3 is 1.70 bits per heavy atom. The van der Waals surface area contributed by atoms with Gasteiger partial charge in [0.25, 0.3) is 22.3 Å². The number of nitrogens with zero attached hydrogens (tertiary/aromatic N) is 9. The topological polar surface area (TPSA) is 605 Å². The van der Waals surface area contributed by atoms with Gasteiger partial charge in [0.1, 0.15) is 42.7 Å². The van der Waals surface area contributed by atoms with Crippen LogP contribution in [0.5, 0.6) is 0 Å². The summed E-state index contributed by atoms with van der Waals surface area (Å²) in [4.78, 5) is 120. The molecule has 3 saturated heterocycles. The van der Waals surface area contributed by atoms with E-state index < -0.39 is 159 Å². The van der Waals surface area contributed by atoms with Crippen molar-refractivity contribution in [3.63, 3.8) is 0 Å². The van der Waals surface area contributed by atoms with Gasteiger partial charge in [-0.15, -0.1) is 0 Å². The van der Waals surface area contributed by atoms with Gasteiger partial charge in [0.05, 0.1) is 45.6 Å². The molecule has 3 aliphatic rings. The van der Waals surface area contributed by atoms with Gasteiger partial charge in [0.2, 0.25) is 36.3 Å². The normalized spacial score (nSPS) is 29.2. The second-order valence-electron chi connectivity index (χ2n) is 18.6. The Labute approximate surface area is 455 Å². The summed E-state index contributed by atoms with van der Waals surface area (Å²) in [5.41, 5.74) is 19.5. The first-order valence-corrected chi connectivity index (χ1v) is 29.8. The van der Waals surface area contributed by atoms with Gasteiger partial charge in [-0.05, 0) is 12.8 Å². The molecule has 9 heterocycles. The van der Waals surface area contributed by atoms with E-state index in [1.54, 1.807) is 6.92 Å². The zero-order valence-corrected chi connectivity index (χ0v) is 46.0. The molecule has 17 atom stereocenters. The van der Waals surface area contributed by atoms with E-state index in [2.05, 4.69) is 48.5 Å². The highest BCUT2D eigenvalue weighted by Crippen LogP contribution is 2.68. The van der Waals surface area contributed by atoms with Gasteiger partial charge in [0, 0.05) is 18.9 Å². The van der Waals surface area contributed by atoms with Gasteiger partial charge in [-0.3, -0.25) is 61.4 Å². The molecule has 0 radical (unpaired) electrons. The molecule has 3 aliphatic heterocycles. The highest BCUT2D eigenvalue weighted by atomic mass is 31.3. The number of phosphoric acid groups is 4. The van der Waals surface area contributed by atoms with Crippen molar-refractivity contribution in [2.24, 2.45) is 24.6 Å². The first kappa shape index (κ1) is 60.7. The average Bonchev–Trinajstić information content (AvgIpc) is 2.79. The van der Waals surface area contributed by atoms with E-state index in [1.165, 1.54) is 22.5 Å². The lowest BCUT2D eigenvalue weighted by Crippen LogP contribution is -2.38. The van der Waals surface area contributed by atoms with Crippen LogP contribution < -0.4 is 44.2 Å². The lowest BCUT2D eigenvalue weighted by atomic mass is 9.86. The number of nitrogen functional groups attached to an aromatic ring is 3. The fourth-order valence-electron chi connectivity index (χ4n) is 9.55. The van der Waals surface area contributed by atoms with E-state index in [9.17, 15) is 72.3 Å². The number of rotatable bonds is 23. The van der Waals surface area contributed by atoms with Crippen LogP contribution in [0.3, 0.4) is 0 Å². The molecule has 82 heavy (non-hydrogen) atoms. The molecule has 0 bridgehead atoms. The largest absolute Gasteiger partial charge is 0.490 e. The number of aromatic amines is 3. The van der Waals surface area contributed by atoms with Crippen molar-refractivity contribution in [3.05, 3.63) is 50.0 Å². The molecule has 1 amide bonds. The number of imidazole rings is 3. The third-order valence-corrected chi connectivity index (χ3v) is 18.5. The molecule has 0 aromatic carbocycles. The van der Waals surface area contributed by atoms with Crippen molar-refractivity contribution >= 4 is 88.5 Å². The number of H-pyrrole nitrogens is 3. The van der Waals surface area contributed by atoms with Crippen LogP contribution in [0.4, 0.5) is 17.8 Å². The van der Waals surface area contributed by atoms with Crippen LogP contribution in [0.25, 0.3) is 33.5 Å². The number of methoxy groups -OCH3 is 1. The number of aromatic nitrogens is 12. The highest BCUT2D eigenvalue weighted by Gasteiger charge is 2.54. The van der Waals surface area contributed by atoms with Crippen LogP contribution in [-0.2, 0) is 75.8 Å². The molecule has 45 heteroatoms. The predicted octanol–water partition coefficient (Wildman–Crippen LogP) is -4.26. The molecule has 6 aromatic rings. The standard InChI is InChI=1S/C37H52N16O25P4/c1-4-12(25(38)57)5-13-14(73-32(20(13)54)53-11-50(2)19-28(53)46-37(41)49-31(19)60)6-71-80(63,64)77-82(67,68)78-81(65,66)72-8-16-23(24(69-3)34(75-16)52-10-43-18-27(52)45-36(40)48-30(18)59)76-79(61,62)70-7-15-21(55)22(56)33(74-15)51-9-42-17-26(51)44-35(39)47-29(17)58/h9-16,20-24,32-34,54-56H,4-8H2,1-3H3,(H14-,38,39,40,41,44,45,46,47,48,49,57,58,59,60,61,62,63,64,65,66,67,68)/p+1/t12?,13-,14-,15-,16-,20-,21-,22-,23-,24-,32?,33-,34-/m1/s1. The Morgan fingerprint density at radius 1 is 0.671 bits per heavy atom. The smallest absolute Gasteiger partial charge is 0.387 e. The Morgan fingerprint density at radius 2 is 1.15 bits per heavy atom. The maximum Gasteiger partial charge on any atom is 0.490 e. The number of primary amides is 1. The molecule has 9 rings (SSSR count). The van der Waals surface area contributed by atoms with E-state index in [1.807, 2.05) is 0 Å². The second kappa shape index (κ2) is 23.0. The van der Waals surface area contributed by atoms with E-state index in [4.69, 9.17) is 60.0 Å². The molecular weight excluding hydrogens is 1190 g/mol. The number of nitrogens with two attached hydrogens (primary N) is 4. The molecule has 41 nitrogen and oxygen atoms in total. The maximum absolute atomic E-state index is 13.8. The summed E-state index contributed by atoms with van der Waals surface area (Å²) < 4.78 is 111. The van der Waals surface area contributed by atoms with Crippen molar-refractivity contribution in [1.29, 1.82) is 0 Å². The summed E-state index contributed by atoms with van der Waals surface area (Å²) in [6, 6.07) is 0. The van der Waals surface area contributed by atoms with E-state index in [0.717, 1.165) is 28.9 Å². The number of aliphatic hydroxyl groups is 3. The fraction of sp³-hybridized carbons (Fsp3) is 0.568.